The lowest BCUT2D eigenvalue weighted by molar-refractivity contribution is -0.274. The number of alkyl halides is 3. The molecule has 80 heavy (non-hydrogen) atoms. The number of benzene rings is 3. The van der Waals surface area contributed by atoms with Gasteiger partial charge in [-0.3, -0.25) is 28.8 Å². The molecule has 0 spiro atoms. The molecule has 2 aliphatic heterocycles. The van der Waals surface area contributed by atoms with Gasteiger partial charge in [-0.05, 0) is 90.1 Å². The Kier molecular flexibility index (Phi) is 18.2. The molecule has 19 nitrogen and oxygen atoms in total. The van der Waals surface area contributed by atoms with E-state index in [1.54, 1.807) is 37.2 Å². The number of likely N-dealkylation sites (tertiary alicyclic amines) is 1. The minimum atomic E-state index is -4.85. The van der Waals surface area contributed by atoms with E-state index in [4.69, 9.17) is 5.73 Å². The van der Waals surface area contributed by atoms with Crippen molar-refractivity contribution in [1.29, 1.82) is 0 Å². The number of aryl methyl sites for hydroxylation is 2. The molecule has 1 fully saturated rings. The molecule has 3 aromatic carbocycles. The highest BCUT2D eigenvalue weighted by Gasteiger charge is 2.45. The number of hydrogen-bond acceptors (Lipinski definition) is 13. The molecule has 2 aliphatic rings. The minimum absolute atomic E-state index is 0.0286. The third-order valence-corrected chi connectivity index (χ3v) is 15.3. The third kappa shape index (κ3) is 14.3. The van der Waals surface area contributed by atoms with Gasteiger partial charge >= 0.3 is 6.36 Å². The van der Waals surface area contributed by atoms with E-state index in [1.807, 2.05) is 60.2 Å². The predicted octanol–water partition coefficient (Wildman–Crippen LogP) is 6.70. The Labute approximate surface area is 464 Å². The van der Waals surface area contributed by atoms with E-state index < -0.39 is 59.5 Å². The number of aliphatic hydroxyl groups is 1. The smallest absolute Gasteiger partial charge is 0.406 e. The van der Waals surface area contributed by atoms with Crippen LogP contribution < -0.4 is 36.6 Å². The fourth-order valence-electron chi connectivity index (χ4n) is 10.2. The molecule has 3 aromatic heterocycles. The van der Waals surface area contributed by atoms with Crippen molar-refractivity contribution in [2.75, 3.05) is 37.3 Å². The summed E-state index contributed by atoms with van der Waals surface area (Å²) in [6.07, 6.45) is -0.647. The number of amides is 6. The average molecular weight is 1120 g/mol. The first-order valence-electron chi connectivity index (χ1n) is 26.5. The molecular formula is C57H66F3N11O8S. The molecule has 0 saturated carbocycles. The summed E-state index contributed by atoms with van der Waals surface area (Å²) in [5.74, 6) is -2.33. The number of carbonyl (C=O) groups excluding carboxylic acids is 6. The van der Waals surface area contributed by atoms with Crippen LogP contribution in [0.15, 0.2) is 84.8 Å². The summed E-state index contributed by atoms with van der Waals surface area (Å²) < 4.78 is 44.4. The second kappa shape index (κ2) is 25.0. The SMILES string of the molecule is CNC(=O)C[C@H](NC(=O)[C@@H]1C[C@@H](O)CN1C(=O)[C@@H](NC(=O)CCCCC(=O)NCCCn1cc(-c2ccc3c(c2)CCN3C(=O)Cc2cccc(OC(F)(F)F)c2)c2c(N)ncnc21)C(C)(C)C)c1ccc(-c2scnc2C)cc1. The number of thiazole rings is 1. The van der Waals surface area contributed by atoms with Crippen LogP contribution in [0.1, 0.15) is 94.1 Å². The van der Waals surface area contributed by atoms with E-state index >= 15 is 0 Å². The molecule has 424 valence electrons. The fraction of sp³-hybridized carbons (Fsp3) is 0.421. The van der Waals surface area contributed by atoms with Gasteiger partial charge in [0.1, 0.15) is 35.6 Å². The van der Waals surface area contributed by atoms with Crippen LogP contribution in [0, 0.1) is 12.3 Å². The minimum Gasteiger partial charge on any atom is -0.406 e. The number of aliphatic hydroxyl groups excluding tert-OH is 1. The summed E-state index contributed by atoms with van der Waals surface area (Å²) in [7, 11) is 1.51. The maximum Gasteiger partial charge on any atom is 0.573 e. The number of halogens is 3. The number of fused-ring (bicyclic) bond motifs is 2. The summed E-state index contributed by atoms with van der Waals surface area (Å²) in [6, 6.07) is 15.7. The van der Waals surface area contributed by atoms with Crippen LogP contribution in [0.25, 0.3) is 32.6 Å². The van der Waals surface area contributed by atoms with Crippen molar-refractivity contribution in [1.82, 2.24) is 45.7 Å². The second-order valence-electron chi connectivity index (χ2n) is 21.2. The standard InChI is InChI=1S/C57H66F3N11O8S/c1-33-50(80-32-66-33)36-16-14-35(15-17-36)42(28-47(75)62-5)67-54(77)44-27-39(72)29-71(44)55(78)51(56(2,3)4)68-46(74)13-7-6-12-45(73)63-21-9-22-69-30-41(49-52(61)64-31-65-53(49)69)37-18-19-43-38(26-37)20-23-70(43)48(76)25-34-10-8-11-40(24-34)79-57(58,59)60/h8,10-11,14-19,24,26,30-32,39,42,44,51,72H,6-7,9,12-13,20-23,25,27-29H2,1-5H3,(H,62,75)(H,63,73)(H,67,77)(H,68,74)(H2,61,64,65)/t39-,42+,44+,51-/m1/s1. The molecule has 6 aromatic rings. The average Bonchev–Trinajstić information content (AvgIpc) is 4.37. The number of anilines is 2. The van der Waals surface area contributed by atoms with Gasteiger partial charge in [0.15, 0.2) is 0 Å². The van der Waals surface area contributed by atoms with Gasteiger partial charge in [-0.15, -0.1) is 24.5 Å². The number of nitrogens with zero attached hydrogens (tertiary/aromatic N) is 6. The van der Waals surface area contributed by atoms with Crippen LogP contribution in [0.3, 0.4) is 0 Å². The highest BCUT2D eigenvalue weighted by molar-refractivity contribution is 7.13. The Bertz CT molecular complexity index is 3250. The van der Waals surface area contributed by atoms with Crippen molar-refractivity contribution < 1.29 is 51.8 Å². The van der Waals surface area contributed by atoms with Crippen molar-refractivity contribution in [3.8, 4) is 27.3 Å². The van der Waals surface area contributed by atoms with E-state index in [9.17, 15) is 47.0 Å². The topological polar surface area (TPSA) is 256 Å². The fourth-order valence-corrected chi connectivity index (χ4v) is 11.0. The number of nitrogens with one attached hydrogen (secondary N) is 4. The largest absolute Gasteiger partial charge is 0.573 e. The van der Waals surface area contributed by atoms with Crippen molar-refractivity contribution in [2.45, 2.75) is 123 Å². The van der Waals surface area contributed by atoms with Gasteiger partial charge in [0.2, 0.25) is 35.4 Å². The Hall–Kier alpha value is -7.92. The van der Waals surface area contributed by atoms with E-state index in [1.165, 1.54) is 47.8 Å². The molecule has 8 rings (SSSR count). The van der Waals surface area contributed by atoms with Crippen molar-refractivity contribution >= 4 is 69.3 Å². The van der Waals surface area contributed by atoms with Crippen molar-refractivity contribution in [3.63, 3.8) is 0 Å². The number of nitrogens with two attached hydrogens (primary N) is 1. The maximum atomic E-state index is 14.3. The van der Waals surface area contributed by atoms with Gasteiger partial charge in [-0.1, -0.05) is 63.2 Å². The lowest BCUT2D eigenvalue weighted by Gasteiger charge is -2.35. The molecule has 23 heteroatoms. The second-order valence-corrected chi connectivity index (χ2v) is 22.1. The van der Waals surface area contributed by atoms with Crippen LogP contribution in [0.5, 0.6) is 5.75 Å². The normalized spacial score (nSPS) is 16.0. The molecule has 4 atom stereocenters. The van der Waals surface area contributed by atoms with Crippen LogP contribution >= 0.6 is 11.3 Å². The molecule has 0 unspecified atom stereocenters. The Balaban J connectivity index is 0.805. The van der Waals surface area contributed by atoms with E-state index in [0.29, 0.717) is 73.2 Å². The van der Waals surface area contributed by atoms with Gasteiger partial charge in [0.05, 0.1) is 46.5 Å². The molecule has 0 aliphatic carbocycles. The highest BCUT2D eigenvalue weighted by atomic mass is 32.1. The van der Waals surface area contributed by atoms with Gasteiger partial charge in [-0.25, -0.2) is 15.0 Å². The first-order valence-corrected chi connectivity index (χ1v) is 27.4. The van der Waals surface area contributed by atoms with Crippen LogP contribution in [0.4, 0.5) is 24.7 Å². The summed E-state index contributed by atoms with van der Waals surface area (Å²) in [6.45, 7) is 8.43. The van der Waals surface area contributed by atoms with Crippen molar-refractivity contribution in [3.05, 3.63) is 107 Å². The van der Waals surface area contributed by atoms with Gasteiger partial charge in [0.25, 0.3) is 0 Å². The quantitative estimate of drug-likeness (QED) is 0.0412. The summed E-state index contributed by atoms with van der Waals surface area (Å²) in [5.41, 5.74) is 14.1. The molecular weight excluding hydrogens is 1060 g/mol. The Morgan fingerprint density at radius 3 is 2.34 bits per heavy atom. The van der Waals surface area contributed by atoms with Gasteiger partial charge < -0.3 is 51.2 Å². The number of nitrogen functional groups attached to an aromatic ring is 1. The Morgan fingerprint density at radius 1 is 0.900 bits per heavy atom. The lowest BCUT2D eigenvalue weighted by atomic mass is 9.85. The highest BCUT2D eigenvalue weighted by Crippen LogP contribution is 2.38. The zero-order valence-corrected chi connectivity index (χ0v) is 46.0. The van der Waals surface area contributed by atoms with Gasteiger partial charge in [0, 0.05) is 69.9 Å². The monoisotopic (exact) mass is 1120 g/mol. The van der Waals surface area contributed by atoms with Crippen LogP contribution in [0.2, 0.25) is 0 Å². The van der Waals surface area contributed by atoms with E-state index in [0.717, 1.165) is 32.8 Å². The summed E-state index contributed by atoms with van der Waals surface area (Å²) in [5, 5.41) is 22.8. The van der Waals surface area contributed by atoms with Crippen LogP contribution in [-0.4, -0.2) is 116 Å². The number of aromatic nitrogens is 4. The van der Waals surface area contributed by atoms with Gasteiger partial charge in [-0.2, -0.15) is 0 Å². The number of ether oxygens (including phenoxy) is 1. The maximum absolute atomic E-state index is 14.3. The first kappa shape index (κ1) is 58.2. The van der Waals surface area contributed by atoms with Crippen molar-refractivity contribution in [2.24, 2.45) is 5.41 Å². The predicted molar refractivity (Wildman–Crippen MR) is 296 cm³/mol. The molecule has 0 radical (unpaired) electrons. The molecule has 6 amide bonds. The molecule has 0 bridgehead atoms. The number of unbranched alkanes of at least 4 members (excludes halogenated alkanes) is 1. The number of carbonyl (C=O) groups is 6. The van der Waals surface area contributed by atoms with Crippen LogP contribution in [-0.2, 0) is 48.2 Å². The third-order valence-electron chi connectivity index (χ3n) is 14.3. The lowest BCUT2D eigenvalue weighted by Crippen LogP contribution is -2.58. The number of β-amino-alcohol motifs (C(OH)–C–C–N with tert-alkyl or cyclic N) is 1. The first-order chi connectivity index (χ1) is 38.1. The zero-order chi connectivity index (χ0) is 57.5. The van der Waals surface area contributed by atoms with E-state index in [2.05, 4.69) is 41.0 Å². The van der Waals surface area contributed by atoms with E-state index in [-0.39, 0.29) is 62.2 Å². The number of hydrogen-bond donors (Lipinski definition) is 6. The molecule has 5 heterocycles. The molecule has 1 saturated heterocycles. The zero-order valence-electron chi connectivity index (χ0n) is 45.2. The summed E-state index contributed by atoms with van der Waals surface area (Å²) >= 11 is 1.51. The molecule has 7 N–H and O–H groups in total. The Morgan fingerprint density at radius 2 is 1.64 bits per heavy atom. The number of rotatable bonds is 21. The summed E-state index contributed by atoms with van der Waals surface area (Å²) in [4.78, 5) is 97.8.